The number of carboxylic acid groups (broad SMARTS) is 1. The molecule has 1 N–H and O–H groups in total. The summed E-state index contributed by atoms with van der Waals surface area (Å²) in [7, 11) is 0. The Morgan fingerprint density at radius 3 is 2.68 bits per heavy atom. The molecule has 104 valence electrons. The molecule has 0 bridgehead atoms. The van der Waals surface area contributed by atoms with Crippen LogP contribution >= 0.6 is 0 Å². The van der Waals surface area contributed by atoms with Gasteiger partial charge in [-0.2, -0.15) is 0 Å². The number of likely N-dealkylation sites (tertiary alicyclic amines) is 1. The Morgan fingerprint density at radius 2 is 2.11 bits per heavy atom. The summed E-state index contributed by atoms with van der Waals surface area (Å²) in [5.41, 5.74) is 3.26. The summed E-state index contributed by atoms with van der Waals surface area (Å²) in [6.45, 7) is 9.74. The number of carbonyl (C=O) groups is 1. The molecule has 1 aromatic rings. The first kappa shape index (κ1) is 14.1. The molecule has 1 aliphatic heterocycles. The molecule has 1 fully saturated rings. The molecular weight excluding hydrogens is 238 g/mol. The maximum absolute atomic E-state index is 11.3. The Bertz CT molecular complexity index is 498. The van der Waals surface area contributed by atoms with Crippen LogP contribution in [0.4, 0.5) is 0 Å². The van der Waals surface area contributed by atoms with Crippen molar-refractivity contribution < 1.29 is 9.90 Å². The lowest BCUT2D eigenvalue weighted by atomic mass is 9.90. The Kier molecular flexibility index (Phi) is 3.68. The summed E-state index contributed by atoms with van der Waals surface area (Å²) in [6, 6.07) is 6.77. The zero-order chi connectivity index (χ0) is 14.2. The Balaban J connectivity index is 2.20. The highest BCUT2D eigenvalue weighted by Crippen LogP contribution is 2.36. The molecule has 1 aliphatic rings. The number of hydrogen-bond acceptors (Lipinski definition) is 2. The second kappa shape index (κ2) is 4.97. The monoisotopic (exact) mass is 261 g/mol. The highest BCUT2D eigenvalue weighted by molar-refractivity contribution is 5.74. The van der Waals surface area contributed by atoms with Crippen LogP contribution in [0.2, 0.25) is 0 Å². The summed E-state index contributed by atoms with van der Waals surface area (Å²) >= 11 is 0. The number of hydrogen-bond donors (Lipinski definition) is 1. The lowest BCUT2D eigenvalue weighted by Crippen LogP contribution is -2.33. The molecule has 0 saturated carbocycles. The Labute approximate surface area is 115 Å². The van der Waals surface area contributed by atoms with E-state index < -0.39 is 11.4 Å². The van der Waals surface area contributed by atoms with Crippen molar-refractivity contribution in [1.82, 2.24) is 4.90 Å². The van der Waals surface area contributed by atoms with Crippen LogP contribution in [-0.4, -0.2) is 29.1 Å². The van der Waals surface area contributed by atoms with E-state index in [1.54, 1.807) is 0 Å². The second-order valence-corrected chi connectivity index (χ2v) is 6.12. The van der Waals surface area contributed by atoms with E-state index in [1.807, 2.05) is 6.92 Å². The zero-order valence-electron chi connectivity index (χ0n) is 12.2. The maximum atomic E-state index is 11.3. The first-order chi connectivity index (χ1) is 8.83. The predicted molar refractivity (Wildman–Crippen MR) is 76.3 cm³/mol. The molecule has 3 heteroatoms. The fourth-order valence-electron chi connectivity index (χ4n) is 2.91. The van der Waals surface area contributed by atoms with E-state index in [-0.39, 0.29) is 6.04 Å². The standard InChI is InChI=1S/C16H23NO2/c1-11-5-6-12(2)14(9-11)13(3)17-8-7-16(4,10-17)15(18)19/h5-6,9,13H,7-8,10H2,1-4H3,(H,18,19). The zero-order valence-corrected chi connectivity index (χ0v) is 12.2. The van der Waals surface area contributed by atoms with E-state index in [1.165, 1.54) is 16.7 Å². The van der Waals surface area contributed by atoms with Gasteiger partial charge in [0.05, 0.1) is 5.41 Å². The largest absolute Gasteiger partial charge is 0.481 e. The first-order valence-corrected chi connectivity index (χ1v) is 6.88. The van der Waals surface area contributed by atoms with Crippen LogP contribution in [0.1, 0.15) is 43.0 Å². The third-order valence-electron chi connectivity index (χ3n) is 4.45. The summed E-state index contributed by atoms with van der Waals surface area (Å²) < 4.78 is 0. The van der Waals surface area contributed by atoms with Crippen LogP contribution in [0.25, 0.3) is 0 Å². The fourth-order valence-corrected chi connectivity index (χ4v) is 2.91. The average molecular weight is 261 g/mol. The van der Waals surface area contributed by atoms with Gasteiger partial charge < -0.3 is 5.11 Å². The van der Waals surface area contributed by atoms with E-state index >= 15 is 0 Å². The van der Waals surface area contributed by atoms with Crippen molar-refractivity contribution in [3.05, 3.63) is 34.9 Å². The van der Waals surface area contributed by atoms with Crippen molar-refractivity contribution in [3.8, 4) is 0 Å². The summed E-state index contributed by atoms with van der Waals surface area (Å²) in [4.78, 5) is 13.6. The van der Waals surface area contributed by atoms with E-state index in [4.69, 9.17) is 0 Å². The van der Waals surface area contributed by atoms with Gasteiger partial charge in [0.1, 0.15) is 0 Å². The number of carboxylic acids is 1. The summed E-state index contributed by atoms with van der Waals surface area (Å²) in [5, 5.41) is 9.31. The molecular formula is C16H23NO2. The number of benzene rings is 1. The highest BCUT2D eigenvalue weighted by Gasteiger charge is 2.42. The van der Waals surface area contributed by atoms with Crippen LogP contribution in [0, 0.1) is 19.3 Å². The van der Waals surface area contributed by atoms with Gasteiger partial charge in [0, 0.05) is 12.6 Å². The number of rotatable bonds is 3. The number of aliphatic carboxylic acids is 1. The quantitative estimate of drug-likeness (QED) is 0.908. The van der Waals surface area contributed by atoms with Gasteiger partial charge in [0.25, 0.3) is 0 Å². The molecule has 2 atom stereocenters. The maximum Gasteiger partial charge on any atom is 0.310 e. The summed E-state index contributed by atoms with van der Waals surface area (Å²) in [5.74, 6) is -0.678. The van der Waals surface area contributed by atoms with E-state index in [2.05, 4.69) is 43.9 Å². The van der Waals surface area contributed by atoms with Crippen molar-refractivity contribution >= 4 is 5.97 Å². The minimum atomic E-state index is -0.678. The Morgan fingerprint density at radius 1 is 1.42 bits per heavy atom. The van der Waals surface area contributed by atoms with E-state index in [9.17, 15) is 9.90 Å². The molecule has 0 spiro atoms. The molecule has 3 nitrogen and oxygen atoms in total. The normalized spacial score (nSPS) is 25.5. The van der Waals surface area contributed by atoms with Crippen LogP contribution in [0.3, 0.4) is 0 Å². The topological polar surface area (TPSA) is 40.5 Å². The van der Waals surface area contributed by atoms with E-state index in [0.717, 1.165) is 13.0 Å². The van der Waals surface area contributed by atoms with Gasteiger partial charge in [-0.05, 0) is 51.8 Å². The van der Waals surface area contributed by atoms with Gasteiger partial charge in [0.2, 0.25) is 0 Å². The summed E-state index contributed by atoms with van der Waals surface area (Å²) in [6.07, 6.45) is 0.734. The molecule has 1 aromatic carbocycles. The van der Waals surface area contributed by atoms with Crippen molar-refractivity contribution in [2.75, 3.05) is 13.1 Å². The SMILES string of the molecule is Cc1ccc(C)c(C(C)N2CCC(C)(C(=O)O)C2)c1. The lowest BCUT2D eigenvalue weighted by Gasteiger charge is -2.27. The molecule has 0 amide bonds. The molecule has 0 aromatic heterocycles. The molecule has 19 heavy (non-hydrogen) atoms. The highest BCUT2D eigenvalue weighted by atomic mass is 16.4. The molecule has 1 heterocycles. The fraction of sp³-hybridized carbons (Fsp3) is 0.562. The van der Waals surface area contributed by atoms with Gasteiger partial charge >= 0.3 is 5.97 Å². The van der Waals surface area contributed by atoms with Gasteiger partial charge in [-0.3, -0.25) is 9.69 Å². The molecule has 2 unspecified atom stereocenters. The minimum Gasteiger partial charge on any atom is -0.481 e. The number of aryl methyl sites for hydroxylation is 2. The van der Waals surface area contributed by atoms with Crippen molar-refractivity contribution in [3.63, 3.8) is 0 Å². The predicted octanol–water partition coefficient (Wildman–Crippen LogP) is 3.16. The van der Waals surface area contributed by atoms with Gasteiger partial charge in [-0.15, -0.1) is 0 Å². The average Bonchev–Trinajstić information content (AvgIpc) is 2.76. The third-order valence-corrected chi connectivity index (χ3v) is 4.45. The Hall–Kier alpha value is -1.35. The lowest BCUT2D eigenvalue weighted by molar-refractivity contribution is -0.147. The van der Waals surface area contributed by atoms with Gasteiger partial charge in [0.15, 0.2) is 0 Å². The van der Waals surface area contributed by atoms with Crippen molar-refractivity contribution in [1.29, 1.82) is 0 Å². The molecule has 2 rings (SSSR count). The van der Waals surface area contributed by atoms with Gasteiger partial charge in [-0.25, -0.2) is 0 Å². The van der Waals surface area contributed by atoms with Crippen molar-refractivity contribution in [2.24, 2.45) is 5.41 Å². The minimum absolute atomic E-state index is 0.279. The molecule has 0 aliphatic carbocycles. The first-order valence-electron chi connectivity index (χ1n) is 6.88. The molecule has 1 saturated heterocycles. The second-order valence-electron chi connectivity index (χ2n) is 6.12. The van der Waals surface area contributed by atoms with Gasteiger partial charge in [-0.1, -0.05) is 23.8 Å². The van der Waals surface area contributed by atoms with Crippen LogP contribution in [-0.2, 0) is 4.79 Å². The third kappa shape index (κ3) is 2.66. The van der Waals surface area contributed by atoms with E-state index in [0.29, 0.717) is 6.54 Å². The number of nitrogens with zero attached hydrogens (tertiary/aromatic N) is 1. The smallest absolute Gasteiger partial charge is 0.310 e. The van der Waals surface area contributed by atoms with Crippen molar-refractivity contribution in [2.45, 2.75) is 40.2 Å². The molecule has 0 radical (unpaired) electrons. The van der Waals surface area contributed by atoms with Crippen LogP contribution in [0.15, 0.2) is 18.2 Å². The van der Waals surface area contributed by atoms with Crippen LogP contribution < -0.4 is 0 Å². The van der Waals surface area contributed by atoms with Crippen LogP contribution in [0.5, 0.6) is 0 Å².